The normalized spacial score (nSPS) is 12.4. The highest BCUT2D eigenvalue weighted by atomic mass is 19.1. The molecule has 0 bridgehead atoms. The SMILES string of the molecule is COCC(C)c1nn(-c2ccc(F)cc2F)cc1C=O. The van der Waals surface area contributed by atoms with Crippen LogP contribution in [0.4, 0.5) is 8.78 Å². The van der Waals surface area contributed by atoms with Crippen LogP contribution in [0, 0.1) is 11.6 Å². The number of nitrogens with zero attached hydrogens (tertiary/aromatic N) is 2. The molecule has 0 saturated carbocycles. The summed E-state index contributed by atoms with van der Waals surface area (Å²) in [4.78, 5) is 11.1. The van der Waals surface area contributed by atoms with E-state index in [1.807, 2.05) is 6.92 Å². The molecule has 1 heterocycles. The summed E-state index contributed by atoms with van der Waals surface area (Å²) in [6.45, 7) is 2.24. The minimum absolute atomic E-state index is 0.0883. The van der Waals surface area contributed by atoms with E-state index in [1.54, 1.807) is 7.11 Å². The third-order valence-electron chi connectivity index (χ3n) is 2.94. The Balaban J connectivity index is 2.45. The number of hydrogen-bond acceptors (Lipinski definition) is 3. The number of rotatable bonds is 5. The number of ether oxygens (including phenoxy) is 1. The molecule has 0 fully saturated rings. The van der Waals surface area contributed by atoms with Crippen molar-refractivity contribution in [2.45, 2.75) is 12.8 Å². The molecule has 6 heteroatoms. The molecule has 0 spiro atoms. The summed E-state index contributed by atoms with van der Waals surface area (Å²) in [6, 6.07) is 3.19. The van der Waals surface area contributed by atoms with Gasteiger partial charge in [0.2, 0.25) is 0 Å². The second kappa shape index (κ2) is 5.92. The molecule has 0 N–H and O–H groups in total. The van der Waals surface area contributed by atoms with Crippen molar-refractivity contribution >= 4 is 6.29 Å². The van der Waals surface area contributed by atoms with Crippen molar-refractivity contribution in [1.29, 1.82) is 0 Å². The predicted molar refractivity (Wildman–Crippen MR) is 69.2 cm³/mol. The van der Waals surface area contributed by atoms with E-state index in [1.165, 1.54) is 16.9 Å². The smallest absolute Gasteiger partial charge is 0.153 e. The summed E-state index contributed by atoms with van der Waals surface area (Å²) in [6.07, 6.45) is 2.08. The zero-order valence-electron chi connectivity index (χ0n) is 11.1. The molecule has 1 atom stereocenters. The Morgan fingerprint density at radius 1 is 1.45 bits per heavy atom. The molecule has 0 aliphatic heterocycles. The number of hydrogen-bond donors (Lipinski definition) is 0. The first-order valence-electron chi connectivity index (χ1n) is 6.06. The summed E-state index contributed by atoms with van der Waals surface area (Å²) < 4.78 is 32.9. The summed E-state index contributed by atoms with van der Waals surface area (Å²) in [5, 5.41) is 4.20. The molecule has 2 rings (SSSR count). The molecular weight excluding hydrogens is 266 g/mol. The third kappa shape index (κ3) is 2.75. The molecule has 0 radical (unpaired) electrons. The van der Waals surface area contributed by atoms with Gasteiger partial charge in [0.05, 0.1) is 17.9 Å². The monoisotopic (exact) mass is 280 g/mol. The quantitative estimate of drug-likeness (QED) is 0.791. The molecule has 4 nitrogen and oxygen atoms in total. The van der Waals surface area contributed by atoms with Crippen LogP contribution in [0.15, 0.2) is 24.4 Å². The molecule has 1 unspecified atom stereocenters. The lowest BCUT2D eigenvalue weighted by molar-refractivity contribution is 0.112. The van der Waals surface area contributed by atoms with Gasteiger partial charge in [0.15, 0.2) is 12.1 Å². The van der Waals surface area contributed by atoms with Crippen LogP contribution in [0.2, 0.25) is 0 Å². The fourth-order valence-electron chi connectivity index (χ4n) is 1.99. The maximum Gasteiger partial charge on any atom is 0.153 e. The Morgan fingerprint density at radius 3 is 2.80 bits per heavy atom. The van der Waals surface area contributed by atoms with Crippen molar-refractivity contribution in [3.63, 3.8) is 0 Å². The lowest BCUT2D eigenvalue weighted by atomic mass is 10.1. The number of carbonyl (C=O) groups excluding carboxylic acids is 1. The summed E-state index contributed by atoms with van der Waals surface area (Å²) in [5.41, 5.74) is 0.967. The van der Waals surface area contributed by atoms with Gasteiger partial charge in [-0.05, 0) is 12.1 Å². The Kier molecular flexibility index (Phi) is 4.24. The molecule has 20 heavy (non-hydrogen) atoms. The number of aromatic nitrogens is 2. The van der Waals surface area contributed by atoms with Crippen LogP contribution in [0.5, 0.6) is 0 Å². The van der Waals surface area contributed by atoms with E-state index in [0.29, 0.717) is 24.2 Å². The second-order valence-electron chi connectivity index (χ2n) is 4.48. The molecule has 0 aliphatic rings. The number of methoxy groups -OCH3 is 1. The summed E-state index contributed by atoms with van der Waals surface area (Å²) in [7, 11) is 1.55. The zero-order valence-corrected chi connectivity index (χ0v) is 11.1. The molecule has 1 aromatic heterocycles. The van der Waals surface area contributed by atoms with Crippen LogP contribution in [0.1, 0.15) is 28.9 Å². The van der Waals surface area contributed by atoms with Gasteiger partial charge in [0.1, 0.15) is 11.5 Å². The van der Waals surface area contributed by atoms with Crippen LogP contribution in [-0.2, 0) is 4.74 Å². The van der Waals surface area contributed by atoms with Crippen molar-refractivity contribution in [1.82, 2.24) is 9.78 Å². The fraction of sp³-hybridized carbons (Fsp3) is 0.286. The van der Waals surface area contributed by atoms with E-state index < -0.39 is 11.6 Å². The third-order valence-corrected chi connectivity index (χ3v) is 2.94. The molecule has 0 saturated heterocycles. The van der Waals surface area contributed by atoms with Crippen molar-refractivity contribution < 1.29 is 18.3 Å². The van der Waals surface area contributed by atoms with Crippen LogP contribution >= 0.6 is 0 Å². The predicted octanol–water partition coefficient (Wildman–Crippen LogP) is 2.71. The average Bonchev–Trinajstić information content (AvgIpc) is 2.83. The van der Waals surface area contributed by atoms with E-state index >= 15 is 0 Å². The first-order chi connectivity index (χ1) is 9.56. The molecular formula is C14H14F2N2O2. The van der Waals surface area contributed by atoms with Gasteiger partial charge in [-0.1, -0.05) is 6.92 Å². The van der Waals surface area contributed by atoms with Crippen LogP contribution in [0.25, 0.3) is 5.69 Å². The zero-order chi connectivity index (χ0) is 14.7. The Morgan fingerprint density at radius 2 is 2.20 bits per heavy atom. The average molecular weight is 280 g/mol. The van der Waals surface area contributed by atoms with Crippen LogP contribution in [0.3, 0.4) is 0 Å². The van der Waals surface area contributed by atoms with E-state index in [0.717, 1.165) is 12.1 Å². The van der Waals surface area contributed by atoms with Gasteiger partial charge in [-0.25, -0.2) is 13.5 Å². The number of benzene rings is 1. The standard InChI is InChI=1S/C14H14F2N2O2/c1-9(8-20-2)14-10(7-19)6-18(17-14)13-4-3-11(15)5-12(13)16/h3-7,9H,8H2,1-2H3. The van der Waals surface area contributed by atoms with Crippen LogP contribution in [-0.4, -0.2) is 29.8 Å². The maximum atomic E-state index is 13.7. The minimum Gasteiger partial charge on any atom is -0.384 e. The molecule has 0 amide bonds. The summed E-state index contributed by atoms with van der Waals surface area (Å²) >= 11 is 0. The highest BCUT2D eigenvalue weighted by Crippen LogP contribution is 2.21. The number of aldehydes is 1. The molecule has 2 aromatic rings. The first kappa shape index (κ1) is 14.3. The Hall–Kier alpha value is -2.08. The van der Waals surface area contributed by atoms with Gasteiger partial charge in [0.25, 0.3) is 0 Å². The van der Waals surface area contributed by atoms with Gasteiger partial charge in [-0.2, -0.15) is 5.10 Å². The molecule has 0 aliphatic carbocycles. The van der Waals surface area contributed by atoms with Crippen molar-refractivity contribution in [2.24, 2.45) is 0 Å². The fourth-order valence-corrected chi connectivity index (χ4v) is 1.99. The van der Waals surface area contributed by atoms with E-state index in [-0.39, 0.29) is 11.6 Å². The number of carbonyl (C=O) groups is 1. The molecule has 106 valence electrons. The maximum absolute atomic E-state index is 13.7. The Bertz CT molecular complexity index is 626. The molecule has 1 aromatic carbocycles. The van der Waals surface area contributed by atoms with Crippen molar-refractivity contribution in [3.8, 4) is 5.69 Å². The van der Waals surface area contributed by atoms with Crippen molar-refractivity contribution in [2.75, 3.05) is 13.7 Å². The highest BCUT2D eigenvalue weighted by molar-refractivity contribution is 5.76. The van der Waals surface area contributed by atoms with Gasteiger partial charge < -0.3 is 4.74 Å². The minimum atomic E-state index is -0.740. The highest BCUT2D eigenvalue weighted by Gasteiger charge is 2.17. The number of halogens is 2. The van der Waals surface area contributed by atoms with Gasteiger partial charge in [-0.3, -0.25) is 4.79 Å². The topological polar surface area (TPSA) is 44.1 Å². The summed E-state index contributed by atoms with van der Waals surface area (Å²) in [5.74, 6) is -1.51. The van der Waals surface area contributed by atoms with Gasteiger partial charge >= 0.3 is 0 Å². The van der Waals surface area contributed by atoms with Gasteiger partial charge in [-0.15, -0.1) is 0 Å². The largest absolute Gasteiger partial charge is 0.384 e. The van der Waals surface area contributed by atoms with E-state index in [9.17, 15) is 13.6 Å². The lowest BCUT2D eigenvalue weighted by Gasteiger charge is -2.07. The first-order valence-corrected chi connectivity index (χ1v) is 6.06. The van der Waals surface area contributed by atoms with Crippen LogP contribution < -0.4 is 0 Å². The van der Waals surface area contributed by atoms with E-state index in [4.69, 9.17) is 4.74 Å². The van der Waals surface area contributed by atoms with Crippen molar-refractivity contribution in [3.05, 3.63) is 47.3 Å². The van der Waals surface area contributed by atoms with E-state index in [2.05, 4.69) is 5.10 Å². The van der Waals surface area contributed by atoms with Gasteiger partial charge in [0, 0.05) is 25.3 Å². The second-order valence-corrected chi connectivity index (χ2v) is 4.48. The Labute approximate surface area is 115 Å². The lowest BCUT2D eigenvalue weighted by Crippen LogP contribution is -2.06.